The van der Waals surface area contributed by atoms with E-state index < -0.39 is 0 Å². The van der Waals surface area contributed by atoms with E-state index in [9.17, 15) is 4.79 Å². The number of nitrogens with zero attached hydrogens (tertiary/aromatic N) is 2. The summed E-state index contributed by atoms with van der Waals surface area (Å²) in [6.07, 6.45) is 4.22. The Morgan fingerprint density at radius 2 is 1.57 bits per heavy atom. The SMILES string of the molecule is O=C(NCc1nc2ccccc2n1C/C=C/c1ccccc1)c1ccccc1. The van der Waals surface area contributed by atoms with Gasteiger partial charge in [-0.05, 0) is 29.8 Å². The molecule has 1 amide bonds. The van der Waals surface area contributed by atoms with Gasteiger partial charge in [0.05, 0.1) is 17.6 Å². The summed E-state index contributed by atoms with van der Waals surface area (Å²) in [6.45, 7) is 1.06. The Hall–Kier alpha value is -3.66. The fourth-order valence-electron chi connectivity index (χ4n) is 3.17. The van der Waals surface area contributed by atoms with Gasteiger partial charge in [0.25, 0.3) is 5.91 Å². The number of rotatable bonds is 6. The standard InChI is InChI=1S/C24H21N3O/c28-24(20-13-5-2-6-14-20)25-18-23-26-21-15-7-8-16-22(21)27(23)17-9-12-19-10-3-1-4-11-19/h1-16H,17-18H2,(H,25,28)/b12-9+. The van der Waals surface area contributed by atoms with Crippen LogP contribution in [0.3, 0.4) is 0 Å². The van der Waals surface area contributed by atoms with Crippen molar-refractivity contribution in [3.05, 3.63) is 108 Å². The van der Waals surface area contributed by atoms with Crippen molar-refractivity contribution >= 4 is 23.0 Å². The van der Waals surface area contributed by atoms with E-state index in [0.717, 1.165) is 22.4 Å². The lowest BCUT2D eigenvalue weighted by atomic mass is 10.2. The molecule has 138 valence electrons. The zero-order valence-corrected chi connectivity index (χ0v) is 15.5. The van der Waals surface area contributed by atoms with Gasteiger partial charge in [-0.3, -0.25) is 4.79 Å². The van der Waals surface area contributed by atoms with Crippen LogP contribution in [0.1, 0.15) is 21.7 Å². The van der Waals surface area contributed by atoms with Crippen molar-refractivity contribution in [1.29, 1.82) is 0 Å². The maximum Gasteiger partial charge on any atom is 0.251 e. The minimum absolute atomic E-state index is 0.0981. The van der Waals surface area contributed by atoms with Crippen molar-refractivity contribution < 1.29 is 4.79 Å². The third kappa shape index (κ3) is 4.01. The summed E-state index contributed by atoms with van der Waals surface area (Å²) in [5, 5.41) is 2.98. The highest BCUT2D eigenvalue weighted by atomic mass is 16.1. The number of allylic oxidation sites excluding steroid dienone is 1. The minimum atomic E-state index is -0.0981. The maximum absolute atomic E-state index is 12.4. The lowest BCUT2D eigenvalue weighted by Crippen LogP contribution is -2.24. The summed E-state index contributed by atoms with van der Waals surface area (Å²) < 4.78 is 2.14. The van der Waals surface area contributed by atoms with E-state index >= 15 is 0 Å². The average molecular weight is 367 g/mol. The Labute approximate surface area is 164 Å². The first kappa shape index (κ1) is 17.7. The summed E-state index contributed by atoms with van der Waals surface area (Å²) >= 11 is 0. The van der Waals surface area contributed by atoms with Gasteiger partial charge in [0.2, 0.25) is 0 Å². The number of fused-ring (bicyclic) bond motifs is 1. The van der Waals surface area contributed by atoms with E-state index in [1.54, 1.807) is 12.1 Å². The van der Waals surface area contributed by atoms with Gasteiger partial charge in [0.1, 0.15) is 5.82 Å². The number of carbonyl (C=O) groups excluding carboxylic acids is 1. The van der Waals surface area contributed by atoms with Crippen LogP contribution >= 0.6 is 0 Å². The summed E-state index contributed by atoms with van der Waals surface area (Å²) in [5.41, 5.74) is 3.80. The molecule has 0 aliphatic heterocycles. The van der Waals surface area contributed by atoms with Gasteiger partial charge < -0.3 is 9.88 Å². The molecule has 0 saturated heterocycles. The van der Waals surface area contributed by atoms with Crippen LogP contribution in [0.15, 0.2) is 91.0 Å². The molecule has 0 aliphatic rings. The molecule has 4 rings (SSSR count). The molecule has 4 nitrogen and oxygen atoms in total. The molecule has 4 heteroatoms. The lowest BCUT2D eigenvalue weighted by molar-refractivity contribution is 0.0949. The van der Waals surface area contributed by atoms with Crippen molar-refractivity contribution in [2.24, 2.45) is 0 Å². The fourth-order valence-corrected chi connectivity index (χ4v) is 3.17. The quantitative estimate of drug-likeness (QED) is 0.538. The average Bonchev–Trinajstić information content (AvgIpc) is 3.11. The normalized spacial score (nSPS) is 11.1. The third-order valence-corrected chi connectivity index (χ3v) is 4.57. The second kappa shape index (κ2) is 8.35. The molecule has 1 aromatic heterocycles. The molecule has 0 atom stereocenters. The van der Waals surface area contributed by atoms with Crippen LogP contribution in [0.25, 0.3) is 17.1 Å². The molecule has 0 saturated carbocycles. The first-order valence-electron chi connectivity index (χ1n) is 9.30. The van der Waals surface area contributed by atoms with Crippen LogP contribution in [0.2, 0.25) is 0 Å². The van der Waals surface area contributed by atoms with E-state index in [2.05, 4.69) is 40.2 Å². The van der Waals surface area contributed by atoms with Crippen molar-refractivity contribution in [1.82, 2.24) is 14.9 Å². The number of aromatic nitrogens is 2. The summed E-state index contributed by atoms with van der Waals surface area (Å²) in [6, 6.07) is 27.5. The van der Waals surface area contributed by atoms with E-state index in [4.69, 9.17) is 4.98 Å². The maximum atomic E-state index is 12.4. The topological polar surface area (TPSA) is 46.9 Å². The van der Waals surface area contributed by atoms with Crippen LogP contribution in [-0.4, -0.2) is 15.5 Å². The Morgan fingerprint density at radius 1 is 0.893 bits per heavy atom. The first-order valence-corrected chi connectivity index (χ1v) is 9.30. The highest BCUT2D eigenvalue weighted by Crippen LogP contribution is 2.16. The summed E-state index contributed by atoms with van der Waals surface area (Å²) in [5.74, 6) is 0.738. The number of imidazole rings is 1. The number of amides is 1. The largest absolute Gasteiger partial charge is 0.345 e. The summed E-state index contributed by atoms with van der Waals surface area (Å²) in [7, 11) is 0. The van der Waals surface area contributed by atoms with Gasteiger partial charge in [-0.15, -0.1) is 0 Å². The van der Waals surface area contributed by atoms with Gasteiger partial charge in [-0.25, -0.2) is 4.98 Å². The lowest BCUT2D eigenvalue weighted by Gasteiger charge is -2.08. The van der Waals surface area contributed by atoms with Gasteiger partial charge in [-0.2, -0.15) is 0 Å². The van der Waals surface area contributed by atoms with Crippen molar-refractivity contribution in [3.8, 4) is 0 Å². The molecular weight excluding hydrogens is 346 g/mol. The van der Waals surface area contributed by atoms with Crippen molar-refractivity contribution in [2.45, 2.75) is 13.1 Å². The summed E-state index contributed by atoms with van der Waals surface area (Å²) in [4.78, 5) is 17.1. The number of hydrogen-bond donors (Lipinski definition) is 1. The van der Waals surface area contributed by atoms with Crippen LogP contribution in [0.5, 0.6) is 0 Å². The number of nitrogens with one attached hydrogen (secondary N) is 1. The highest BCUT2D eigenvalue weighted by molar-refractivity contribution is 5.94. The zero-order valence-electron chi connectivity index (χ0n) is 15.5. The van der Waals surface area contributed by atoms with E-state index in [0.29, 0.717) is 18.7 Å². The van der Waals surface area contributed by atoms with Crippen molar-refractivity contribution in [2.75, 3.05) is 0 Å². The Morgan fingerprint density at radius 3 is 2.36 bits per heavy atom. The second-order valence-electron chi connectivity index (χ2n) is 6.49. The third-order valence-electron chi connectivity index (χ3n) is 4.57. The molecule has 0 fully saturated rings. The number of para-hydroxylation sites is 2. The molecule has 0 bridgehead atoms. The second-order valence-corrected chi connectivity index (χ2v) is 6.49. The minimum Gasteiger partial charge on any atom is -0.345 e. The smallest absolute Gasteiger partial charge is 0.251 e. The van der Waals surface area contributed by atoms with Crippen LogP contribution in [0.4, 0.5) is 0 Å². The van der Waals surface area contributed by atoms with Crippen molar-refractivity contribution in [3.63, 3.8) is 0 Å². The monoisotopic (exact) mass is 367 g/mol. The predicted octanol–water partition coefficient (Wildman–Crippen LogP) is 4.68. The molecule has 3 aromatic carbocycles. The van der Waals surface area contributed by atoms with Crippen LogP contribution in [0, 0.1) is 0 Å². The number of hydrogen-bond acceptors (Lipinski definition) is 2. The molecule has 4 aromatic rings. The molecule has 28 heavy (non-hydrogen) atoms. The Bertz CT molecular complexity index is 1100. The van der Waals surface area contributed by atoms with Crippen LogP contribution < -0.4 is 5.32 Å². The molecule has 0 radical (unpaired) electrons. The van der Waals surface area contributed by atoms with Crippen LogP contribution in [-0.2, 0) is 13.1 Å². The van der Waals surface area contributed by atoms with Gasteiger partial charge >= 0.3 is 0 Å². The number of benzene rings is 3. The molecule has 1 N–H and O–H groups in total. The van der Waals surface area contributed by atoms with E-state index in [1.165, 1.54) is 0 Å². The molecule has 1 heterocycles. The zero-order chi connectivity index (χ0) is 19.2. The predicted molar refractivity (Wildman–Crippen MR) is 113 cm³/mol. The Balaban J connectivity index is 1.55. The first-order chi connectivity index (χ1) is 13.8. The molecule has 0 unspecified atom stereocenters. The number of carbonyl (C=O) groups is 1. The van der Waals surface area contributed by atoms with Gasteiger partial charge in [0, 0.05) is 12.1 Å². The molecule has 0 aliphatic carbocycles. The van der Waals surface area contributed by atoms with E-state index in [-0.39, 0.29) is 5.91 Å². The highest BCUT2D eigenvalue weighted by Gasteiger charge is 2.11. The fraction of sp³-hybridized carbons (Fsp3) is 0.0833. The molecule has 0 spiro atoms. The van der Waals surface area contributed by atoms with E-state index in [1.807, 2.05) is 54.6 Å². The Kier molecular flexibility index (Phi) is 5.29. The van der Waals surface area contributed by atoms with Gasteiger partial charge in [-0.1, -0.05) is 72.8 Å². The van der Waals surface area contributed by atoms with Gasteiger partial charge in [0.15, 0.2) is 0 Å². The molecular formula is C24H21N3O.